The summed E-state index contributed by atoms with van der Waals surface area (Å²) in [5.41, 5.74) is 3.10. The molecule has 4 fully saturated rings. The lowest BCUT2D eigenvalue weighted by atomic mass is 9.90. The molecule has 0 radical (unpaired) electrons. The third kappa shape index (κ3) is 6.55. The Labute approximate surface area is 214 Å². The zero-order valence-electron chi connectivity index (χ0n) is 21.7. The Bertz CT molecular complexity index is 981. The number of nitrogens with zero attached hydrogens (tertiary/aromatic N) is 1. The van der Waals surface area contributed by atoms with E-state index in [9.17, 15) is 4.79 Å². The summed E-state index contributed by atoms with van der Waals surface area (Å²) in [7, 11) is 0. The molecule has 6 rings (SSSR count). The molecule has 3 unspecified atom stereocenters. The Morgan fingerprint density at radius 2 is 1.72 bits per heavy atom. The Balaban J connectivity index is 0.000000309. The number of anilines is 1. The monoisotopic (exact) mass is 499 g/mol. The zero-order chi connectivity index (χ0) is 26.0. The molecule has 3 atom stereocenters. The van der Waals surface area contributed by atoms with Crippen molar-refractivity contribution in [2.75, 3.05) is 44.4 Å². The van der Waals surface area contributed by atoms with Gasteiger partial charge in [-0.25, -0.2) is 0 Å². The van der Waals surface area contributed by atoms with Gasteiger partial charge in [0.15, 0.2) is 0 Å². The lowest BCUT2D eigenvalue weighted by Crippen LogP contribution is -2.68. The van der Waals surface area contributed by atoms with Gasteiger partial charge >= 0.3 is 0 Å². The number of morpholine rings is 1. The highest BCUT2D eigenvalue weighted by Crippen LogP contribution is 2.54. The molecular formula is C28H41N3O5. The van der Waals surface area contributed by atoms with Crippen LogP contribution in [0.25, 0.3) is 0 Å². The van der Waals surface area contributed by atoms with E-state index in [1.54, 1.807) is 0 Å². The van der Waals surface area contributed by atoms with Gasteiger partial charge in [-0.1, -0.05) is 44.2 Å². The van der Waals surface area contributed by atoms with Gasteiger partial charge in [0.1, 0.15) is 11.3 Å². The van der Waals surface area contributed by atoms with Crippen LogP contribution in [-0.4, -0.2) is 67.7 Å². The first-order valence-electron chi connectivity index (χ1n) is 13.1. The van der Waals surface area contributed by atoms with Crippen molar-refractivity contribution >= 4 is 12.2 Å². The number of ether oxygens (including phenoxy) is 2. The van der Waals surface area contributed by atoms with Gasteiger partial charge in [-0.2, -0.15) is 0 Å². The number of benzene rings is 1. The Morgan fingerprint density at radius 1 is 1.08 bits per heavy atom. The molecule has 3 aliphatic heterocycles. The molecule has 1 saturated carbocycles. The maximum atomic E-state index is 12.6. The van der Waals surface area contributed by atoms with E-state index in [4.69, 9.17) is 19.4 Å². The number of carboxylic acid groups (broad SMARTS) is 1. The van der Waals surface area contributed by atoms with E-state index in [0.717, 1.165) is 18.7 Å². The van der Waals surface area contributed by atoms with Gasteiger partial charge in [0, 0.05) is 12.7 Å². The van der Waals surface area contributed by atoms with Crippen LogP contribution in [0.5, 0.6) is 0 Å². The lowest BCUT2D eigenvalue weighted by molar-refractivity contribution is -0.228. The quantitative estimate of drug-likeness (QED) is 0.553. The number of hydrogen-bond acceptors (Lipinski definition) is 6. The van der Waals surface area contributed by atoms with Crippen LogP contribution in [0.3, 0.4) is 0 Å². The second-order valence-corrected chi connectivity index (χ2v) is 9.34. The molecule has 4 heterocycles. The van der Waals surface area contributed by atoms with Crippen LogP contribution in [0, 0.1) is 0 Å². The van der Waals surface area contributed by atoms with Crippen molar-refractivity contribution < 1.29 is 19.4 Å². The van der Waals surface area contributed by atoms with Gasteiger partial charge in [-0.15, -0.1) is 0 Å². The van der Waals surface area contributed by atoms with Crippen molar-refractivity contribution in [1.29, 1.82) is 0 Å². The number of nitrogens with one attached hydrogen (secondary N) is 2. The van der Waals surface area contributed by atoms with Crippen LogP contribution in [0.1, 0.15) is 63.0 Å². The second-order valence-electron chi connectivity index (χ2n) is 9.34. The Morgan fingerprint density at radius 3 is 2.28 bits per heavy atom. The molecular weight excluding hydrogens is 458 g/mol. The highest BCUT2D eigenvalue weighted by molar-refractivity contribution is 5.51. The van der Waals surface area contributed by atoms with Gasteiger partial charge in [0.05, 0.1) is 25.9 Å². The molecule has 36 heavy (non-hydrogen) atoms. The number of pyridine rings is 1. The van der Waals surface area contributed by atoms with E-state index in [-0.39, 0.29) is 23.7 Å². The molecule has 198 valence electrons. The first-order chi connectivity index (χ1) is 17.6. The van der Waals surface area contributed by atoms with Crippen molar-refractivity contribution in [3.05, 3.63) is 64.1 Å². The molecule has 1 aromatic heterocycles. The summed E-state index contributed by atoms with van der Waals surface area (Å²) < 4.78 is 11.4. The van der Waals surface area contributed by atoms with Crippen molar-refractivity contribution in [2.45, 2.75) is 63.5 Å². The van der Waals surface area contributed by atoms with Crippen LogP contribution in [0.15, 0.2) is 47.4 Å². The number of aromatic nitrogens is 1. The third-order valence-corrected chi connectivity index (χ3v) is 7.26. The average Bonchev–Trinajstić information content (AvgIpc) is 3.45. The van der Waals surface area contributed by atoms with Gasteiger partial charge in [-0.3, -0.25) is 9.59 Å². The van der Waals surface area contributed by atoms with Crippen LogP contribution in [0.4, 0.5) is 5.69 Å². The van der Waals surface area contributed by atoms with E-state index in [0.29, 0.717) is 31.7 Å². The molecule has 3 N–H and O–H groups in total. The van der Waals surface area contributed by atoms with E-state index in [1.807, 2.05) is 20.0 Å². The fourth-order valence-electron chi connectivity index (χ4n) is 5.07. The van der Waals surface area contributed by atoms with Gasteiger partial charge in [-0.05, 0) is 68.3 Å². The topological polar surface area (TPSA) is 104 Å². The molecule has 1 spiro atoms. The number of hydrogen-bond donors (Lipinski definition) is 3. The fraction of sp³-hybridized carbons (Fsp3) is 0.571. The van der Waals surface area contributed by atoms with E-state index in [1.165, 1.54) is 37.1 Å². The highest BCUT2D eigenvalue weighted by Gasteiger charge is 2.50. The maximum Gasteiger partial charge on any atom is 0.290 e. The van der Waals surface area contributed by atoms with Gasteiger partial charge in [0.2, 0.25) is 0 Å². The Hall–Kier alpha value is -2.68. The summed E-state index contributed by atoms with van der Waals surface area (Å²) in [6.07, 6.45) is 5.82. The second kappa shape index (κ2) is 13.6. The first kappa shape index (κ1) is 27.9. The third-order valence-electron chi connectivity index (χ3n) is 7.26. The molecule has 0 amide bonds. The molecule has 1 aromatic carbocycles. The normalized spacial score (nSPS) is 25.1. The van der Waals surface area contributed by atoms with Crippen LogP contribution in [-0.2, 0) is 14.3 Å². The summed E-state index contributed by atoms with van der Waals surface area (Å²) in [5, 5.41) is 10.1. The zero-order valence-corrected chi connectivity index (χ0v) is 21.7. The molecule has 3 saturated heterocycles. The minimum absolute atomic E-state index is 0.0187. The summed E-state index contributed by atoms with van der Waals surface area (Å²) in [6.45, 7) is 11.0. The number of carbonyl (C=O) groups is 1. The van der Waals surface area contributed by atoms with E-state index in [2.05, 4.69) is 58.5 Å². The lowest BCUT2D eigenvalue weighted by Gasteiger charge is -2.53. The largest absolute Gasteiger partial charge is 0.483 e. The Kier molecular flexibility index (Phi) is 10.5. The van der Waals surface area contributed by atoms with E-state index >= 15 is 0 Å². The maximum absolute atomic E-state index is 12.6. The molecule has 1 aliphatic carbocycles. The standard InChI is InChI=1S/C21H24N2O3.C4H9N.C2H6.CH2O2/c1-14-21(12-25-13-21)26-8-7-23(14)19-9-16(11-22-20(19)24)18-10-17(18)15-5-3-2-4-6-15;1-2-4-5-3-1;1-2;2-1-3/h2-6,9,11,14,17-18H,7-8,10,12-13H2,1H3,(H,22,24);5H,1-4H2;1-2H3;1H,(H,2,3). The van der Waals surface area contributed by atoms with Gasteiger partial charge in [0.25, 0.3) is 12.0 Å². The van der Waals surface area contributed by atoms with Gasteiger partial charge < -0.3 is 29.8 Å². The van der Waals surface area contributed by atoms with E-state index < -0.39 is 0 Å². The summed E-state index contributed by atoms with van der Waals surface area (Å²) in [4.78, 5) is 26.1. The van der Waals surface area contributed by atoms with Crippen molar-refractivity contribution in [3.8, 4) is 0 Å². The van der Waals surface area contributed by atoms with Crippen molar-refractivity contribution in [2.24, 2.45) is 0 Å². The van der Waals surface area contributed by atoms with Crippen LogP contribution in [0.2, 0.25) is 0 Å². The number of aromatic amines is 1. The smallest absolute Gasteiger partial charge is 0.290 e. The molecule has 8 heteroatoms. The average molecular weight is 500 g/mol. The molecule has 4 aliphatic rings. The van der Waals surface area contributed by atoms with Crippen LogP contribution < -0.4 is 15.8 Å². The number of H-pyrrole nitrogens is 1. The van der Waals surface area contributed by atoms with Crippen molar-refractivity contribution in [1.82, 2.24) is 10.3 Å². The minimum Gasteiger partial charge on any atom is -0.483 e. The minimum atomic E-state index is -0.257. The van der Waals surface area contributed by atoms with Crippen molar-refractivity contribution in [3.63, 3.8) is 0 Å². The summed E-state index contributed by atoms with van der Waals surface area (Å²) in [5.74, 6) is 1.05. The summed E-state index contributed by atoms with van der Waals surface area (Å²) in [6, 6.07) is 12.9. The first-order valence-corrected chi connectivity index (χ1v) is 13.1. The molecule has 2 aromatic rings. The summed E-state index contributed by atoms with van der Waals surface area (Å²) >= 11 is 0. The predicted octanol–water partition coefficient (Wildman–Crippen LogP) is 3.74. The SMILES string of the molecule is C1CCNC1.CC.CC1N(c2cc(C3CC3c3ccccc3)c[nH]c2=O)CCOC12COC2.O=CO. The highest BCUT2D eigenvalue weighted by atomic mass is 16.6. The van der Waals surface area contributed by atoms with Crippen LogP contribution >= 0.6 is 0 Å². The molecule has 8 nitrogen and oxygen atoms in total. The molecule has 0 bridgehead atoms. The fourth-order valence-corrected chi connectivity index (χ4v) is 5.07. The predicted molar refractivity (Wildman–Crippen MR) is 142 cm³/mol. The number of rotatable bonds is 3.